The second kappa shape index (κ2) is 7.89. The maximum absolute atomic E-state index is 12.0. The largest absolute Gasteiger partial charge is 0.381 e. The van der Waals surface area contributed by atoms with Crippen LogP contribution in [0.15, 0.2) is 24.3 Å². The van der Waals surface area contributed by atoms with Crippen LogP contribution in [0.3, 0.4) is 0 Å². The zero-order valence-corrected chi connectivity index (χ0v) is 13.1. The lowest BCUT2D eigenvalue weighted by Gasteiger charge is -2.08. The van der Waals surface area contributed by atoms with Gasteiger partial charge in [-0.05, 0) is 36.3 Å². The van der Waals surface area contributed by atoms with Crippen molar-refractivity contribution in [3.8, 4) is 0 Å². The van der Waals surface area contributed by atoms with Crippen molar-refractivity contribution in [2.75, 3.05) is 19.8 Å². The standard InChI is InChI=1S/C15H24N2O3S/c16-10-14-3-1-4-15(9-14)12-21(18,19)17-7-2-8-20-11-13-5-6-13/h1,3-4,9,13,17H,2,5-8,10-12,16H2. The summed E-state index contributed by atoms with van der Waals surface area (Å²) in [6, 6.07) is 7.36. The van der Waals surface area contributed by atoms with Gasteiger partial charge in [0.2, 0.25) is 10.0 Å². The summed E-state index contributed by atoms with van der Waals surface area (Å²) in [5, 5.41) is 0. The molecule has 0 heterocycles. The van der Waals surface area contributed by atoms with Gasteiger partial charge in [-0.2, -0.15) is 0 Å². The van der Waals surface area contributed by atoms with Gasteiger partial charge in [-0.25, -0.2) is 13.1 Å². The molecule has 1 aromatic rings. The van der Waals surface area contributed by atoms with E-state index in [0.29, 0.717) is 26.1 Å². The fourth-order valence-electron chi connectivity index (χ4n) is 2.05. The minimum Gasteiger partial charge on any atom is -0.381 e. The highest BCUT2D eigenvalue weighted by Gasteiger charge is 2.20. The lowest BCUT2D eigenvalue weighted by molar-refractivity contribution is 0.123. The van der Waals surface area contributed by atoms with Crippen molar-refractivity contribution in [1.82, 2.24) is 4.72 Å². The van der Waals surface area contributed by atoms with Gasteiger partial charge in [0.1, 0.15) is 0 Å². The van der Waals surface area contributed by atoms with Gasteiger partial charge in [0.15, 0.2) is 0 Å². The van der Waals surface area contributed by atoms with Gasteiger partial charge in [0, 0.05) is 26.3 Å². The molecule has 0 saturated heterocycles. The maximum Gasteiger partial charge on any atom is 0.215 e. The molecule has 0 aliphatic heterocycles. The first kappa shape index (κ1) is 16.4. The zero-order chi connectivity index (χ0) is 15.1. The molecule has 1 fully saturated rings. The summed E-state index contributed by atoms with van der Waals surface area (Å²) in [5.41, 5.74) is 7.26. The average molecular weight is 312 g/mol. The molecule has 6 heteroatoms. The van der Waals surface area contributed by atoms with Crippen molar-refractivity contribution in [1.29, 1.82) is 0 Å². The van der Waals surface area contributed by atoms with Crippen LogP contribution in [-0.2, 0) is 27.1 Å². The Kier molecular flexibility index (Phi) is 6.17. The summed E-state index contributed by atoms with van der Waals surface area (Å²) in [4.78, 5) is 0. The number of hydrogen-bond acceptors (Lipinski definition) is 4. The lowest BCUT2D eigenvalue weighted by Crippen LogP contribution is -2.27. The first-order chi connectivity index (χ1) is 10.1. The number of rotatable bonds is 10. The molecule has 118 valence electrons. The third-order valence-corrected chi connectivity index (χ3v) is 4.78. The molecule has 1 aromatic carbocycles. The van der Waals surface area contributed by atoms with Crippen LogP contribution in [-0.4, -0.2) is 28.2 Å². The maximum atomic E-state index is 12.0. The van der Waals surface area contributed by atoms with Crippen molar-refractivity contribution in [2.24, 2.45) is 11.7 Å². The van der Waals surface area contributed by atoms with Gasteiger partial charge >= 0.3 is 0 Å². The second-order valence-corrected chi connectivity index (χ2v) is 7.36. The predicted octanol–water partition coefficient (Wildman–Crippen LogP) is 1.38. The summed E-state index contributed by atoms with van der Waals surface area (Å²) >= 11 is 0. The molecule has 21 heavy (non-hydrogen) atoms. The monoisotopic (exact) mass is 312 g/mol. The van der Waals surface area contributed by atoms with Crippen LogP contribution >= 0.6 is 0 Å². The molecule has 0 amide bonds. The summed E-state index contributed by atoms with van der Waals surface area (Å²) in [7, 11) is -3.30. The van der Waals surface area contributed by atoms with Crippen molar-refractivity contribution in [3.05, 3.63) is 35.4 Å². The quantitative estimate of drug-likeness (QED) is 0.640. The summed E-state index contributed by atoms with van der Waals surface area (Å²) in [6.45, 7) is 2.27. The summed E-state index contributed by atoms with van der Waals surface area (Å²) < 4.78 is 32.0. The van der Waals surface area contributed by atoms with Crippen LogP contribution in [0.1, 0.15) is 30.4 Å². The second-order valence-electron chi connectivity index (χ2n) is 5.55. The number of hydrogen-bond donors (Lipinski definition) is 2. The van der Waals surface area contributed by atoms with Crippen molar-refractivity contribution < 1.29 is 13.2 Å². The third kappa shape index (κ3) is 6.56. The van der Waals surface area contributed by atoms with Crippen LogP contribution in [0.25, 0.3) is 0 Å². The van der Waals surface area contributed by atoms with Gasteiger partial charge in [0.25, 0.3) is 0 Å². The van der Waals surface area contributed by atoms with Gasteiger partial charge in [-0.1, -0.05) is 24.3 Å². The highest BCUT2D eigenvalue weighted by Crippen LogP contribution is 2.28. The Morgan fingerprint density at radius 2 is 2.05 bits per heavy atom. The van der Waals surface area contributed by atoms with E-state index in [1.54, 1.807) is 6.07 Å². The molecule has 1 aliphatic carbocycles. The van der Waals surface area contributed by atoms with Crippen LogP contribution in [0.4, 0.5) is 0 Å². The molecule has 0 radical (unpaired) electrons. The topological polar surface area (TPSA) is 81.4 Å². The fourth-order valence-corrected chi connectivity index (χ4v) is 3.23. The third-order valence-electron chi connectivity index (χ3n) is 3.42. The van der Waals surface area contributed by atoms with E-state index in [2.05, 4.69) is 4.72 Å². The Hall–Kier alpha value is -0.950. The molecule has 2 rings (SSSR count). The highest BCUT2D eigenvalue weighted by molar-refractivity contribution is 7.88. The van der Waals surface area contributed by atoms with Crippen LogP contribution in [0, 0.1) is 5.92 Å². The van der Waals surface area contributed by atoms with E-state index in [1.165, 1.54) is 12.8 Å². The number of sulfonamides is 1. The van der Waals surface area contributed by atoms with Gasteiger partial charge in [-0.3, -0.25) is 0 Å². The molecule has 0 bridgehead atoms. The molecule has 1 aliphatic rings. The fraction of sp³-hybridized carbons (Fsp3) is 0.600. The van der Waals surface area contributed by atoms with E-state index in [-0.39, 0.29) is 5.75 Å². The van der Waals surface area contributed by atoms with Gasteiger partial charge in [-0.15, -0.1) is 0 Å². The Morgan fingerprint density at radius 1 is 1.29 bits per heavy atom. The van der Waals surface area contributed by atoms with E-state index >= 15 is 0 Å². The molecule has 0 aromatic heterocycles. The van der Waals surface area contributed by atoms with Crippen LogP contribution in [0.5, 0.6) is 0 Å². The SMILES string of the molecule is NCc1cccc(CS(=O)(=O)NCCCOCC2CC2)c1. The average Bonchev–Trinajstić information content (AvgIpc) is 3.26. The Labute approximate surface area is 126 Å². The van der Waals surface area contributed by atoms with E-state index < -0.39 is 10.0 Å². The number of benzene rings is 1. The predicted molar refractivity (Wildman–Crippen MR) is 83.1 cm³/mol. The van der Waals surface area contributed by atoms with Crippen molar-refractivity contribution >= 4 is 10.0 Å². The van der Waals surface area contributed by atoms with Crippen molar-refractivity contribution in [3.63, 3.8) is 0 Å². The first-order valence-corrected chi connectivity index (χ1v) is 9.07. The van der Waals surface area contributed by atoms with E-state index in [0.717, 1.165) is 23.7 Å². The van der Waals surface area contributed by atoms with Crippen LogP contribution < -0.4 is 10.5 Å². The smallest absolute Gasteiger partial charge is 0.215 e. The Bertz CT molecular complexity index is 542. The number of ether oxygens (including phenoxy) is 1. The van der Waals surface area contributed by atoms with Gasteiger partial charge in [0.05, 0.1) is 5.75 Å². The molecule has 0 unspecified atom stereocenters. The molecule has 5 nitrogen and oxygen atoms in total. The minimum atomic E-state index is -3.30. The lowest BCUT2D eigenvalue weighted by atomic mass is 10.1. The number of nitrogens with two attached hydrogens (primary N) is 1. The van der Waals surface area contributed by atoms with Crippen molar-refractivity contribution in [2.45, 2.75) is 31.6 Å². The zero-order valence-electron chi connectivity index (χ0n) is 12.3. The highest BCUT2D eigenvalue weighted by atomic mass is 32.2. The summed E-state index contributed by atoms with van der Waals surface area (Å²) in [5.74, 6) is 0.737. The van der Waals surface area contributed by atoms with E-state index in [4.69, 9.17) is 10.5 Å². The molecule has 1 saturated carbocycles. The molecule has 0 atom stereocenters. The van der Waals surface area contributed by atoms with E-state index in [9.17, 15) is 8.42 Å². The minimum absolute atomic E-state index is 0.0101. The summed E-state index contributed by atoms with van der Waals surface area (Å²) in [6.07, 6.45) is 3.25. The van der Waals surface area contributed by atoms with E-state index in [1.807, 2.05) is 18.2 Å². The van der Waals surface area contributed by atoms with Crippen LogP contribution in [0.2, 0.25) is 0 Å². The Morgan fingerprint density at radius 3 is 2.76 bits per heavy atom. The Balaban J connectivity index is 1.67. The molecule has 3 N–H and O–H groups in total. The van der Waals surface area contributed by atoms with Gasteiger partial charge < -0.3 is 10.5 Å². The normalized spacial score (nSPS) is 15.3. The first-order valence-electron chi connectivity index (χ1n) is 7.42. The number of nitrogens with one attached hydrogen (secondary N) is 1. The molecule has 0 spiro atoms. The molecular weight excluding hydrogens is 288 g/mol. The molecular formula is C15H24N2O3S.